The van der Waals surface area contributed by atoms with Gasteiger partial charge in [0.1, 0.15) is 5.82 Å². The first kappa shape index (κ1) is 15.2. The Bertz CT molecular complexity index is 427. The van der Waals surface area contributed by atoms with Crippen molar-refractivity contribution in [1.82, 2.24) is 10.3 Å². The molecule has 5 nitrogen and oxygen atoms in total. The fraction of sp³-hybridized carbons (Fsp3) is 0.429. The molecule has 1 heterocycles. The molecule has 104 valence electrons. The summed E-state index contributed by atoms with van der Waals surface area (Å²) in [5.41, 5.74) is 1.51. The highest BCUT2D eigenvalue weighted by atomic mass is 16.5. The van der Waals surface area contributed by atoms with Crippen LogP contribution in [0.25, 0.3) is 0 Å². The summed E-state index contributed by atoms with van der Waals surface area (Å²) in [5, 5.41) is 2.77. The number of ether oxygens (including phenoxy) is 1. The Morgan fingerprint density at radius 1 is 1.47 bits per heavy atom. The van der Waals surface area contributed by atoms with Crippen LogP contribution in [0.4, 0.5) is 5.82 Å². The third kappa shape index (κ3) is 5.52. The fourth-order valence-corrected chi connectivity index (χ4v) is 1.37. The molecule has 0 atom stereocenters. The lowest BCUT2D eigenvalue weighted by atomic mass is 10.2. The zero-order valence-electron chi connectivity index (χ0n) is 11.8. The van der Waals surface area contributed by atoms with Crippen molar-refractivity contribution >= 4 is 11.7 Å². The number of rotatable bonds is 7. The monoisotopic (exact) mass is 263 g/mol. The molecule has 0 aliphatic carbocycles. The molecule has 19 heavy (non-hydrogen) atoms. The predicted molar refractivity (Wildman–Crippen MR) is 76.5 cm³/mol. The molecule has 0 aliphatic rings. The first-order valence-corrected chi connectivity index (χ1v) is 6.14. The Hall–Kier alpha value is -1.88. The number of aromatic nitrogens is 1. The van der Waals surface area contributed by atoms with Gasteiger partial charge in [-0.2, -0.15) is 0 Å². The van der Waals surface area contributed by atoms with Crippen molar-refractivity contribution in [2.75, 3.05) is 38.8 Å². The average Bonchev–Trinajstić information content (AvgIpc) is 2.37. The zero-order chi connectivity index (χ0) is 14.3. The summed E-state index contributed by atoms with van der Waals surface area (Å²) in [6, 6.07) is 3.57. The van der Waals surface area contributed by atoms with E-state index < -0.39 is 0 Å². The lowest BCUT2D eigenvalue weighted by Gasteiger charge is -2.11. The molecule has 1 amide bonds. The summed E-state index contributed by atoms with van der Waals surface area (Å²) in [6.45, 7) is 7.10. The molecule has 1 aromatic rings. The van der Waals surface area contributed by atoms with Crippen LogP contribution in [0.15, 0.2) is 30.5 Å². The van der Waals surface area contributed by atoms with Crippen LogP contribution in [0.1, 0.15) is 17.3 Å². The van der Waals surface area contributed by atoms with Crippen LogP contribution >= 0.6 is 0 Å². The van der Waals surface area contributed by atoms with Gasteiger partial charge in [0, 0.05) is 26.8 Å². The maximum Gasteiger partial charge on any atom is 0.252 e. The number of pyridine rings is 1. The molecule has 5 heteroatoms. The molecule has 1 rings (SSSR count). The maximum atomic E-state index is 11.8. The van der Waals surface area contributed by atoms with Crippen molar-refractivity contribution in [3.63, 3.8) is 0 Å². The van der Waals surface area contributed by atoms with Crippen LogP contribution in [0.5, 0.6) is 0 Å². The third-order valence-corrected chi connectivity index (χ3v) is 2.35. The number of carbonyl (C=O) groups is 1. The van der Waals surface area contributed by atoms with Crippen molar-refractivity contribution < 1.29 is 9.53 Å². The van der Waals surface area contributed by atoms with Gasteiger partial charge in [-0.1, -0.05) is 12.2 Å². The summed E-state index contributed by atoms with van der Waals surface area (Å²) in [5.74, 6) is 0.679. The highest BCUT2D eigenvalue weighted by molar-refractivity contribution is 5.94. The van der Waals surface area contributed by atoms with E-state index in [0.29, 0.717) is 25.3 Å². The van der Waals surface area contributed by atoms with Gasteiger partial charge in [0.25, 0.3) is 5.91 Å². The van der Waals surface area contributed by atoms with Crippen LogP contribution in [0.3, 0.4) is 0 Å². The van der Waals surface area contributed by atoms with Gasteiger partial charge in [0.05, 0.1) is 18.8 Å². The van der Waals surface area contributed by atoms with Crippen molar-refractivity contribution in [3.05, 3.63) is 36.0 Å². The van der Waals surface area contributed by atoms with Gasteiger partial charge in [-0.15, -0.1) is 0 Å². The van der Waals surface area contributed by atoms with Crippen molar-refractivity contribution in [2.45, 2.75) is 6.92 Å². The summed E-state index contributed by atoms with van der Waals surface area (Å²) < 4.78 is 5.30. The number of anilines is 1. The molecule has 0 saturated heterocycles. The SMILES string of the molecule is C=C(C)COCCNC(=O)c1ccc(N(C)C)nc1. The summed E-state index contributed by atoms with van der Waals surface area (Å²) >= 11 is 0. The van der Waals surface area contributed by atoms with Crippen molar-refractivity contribution in [1.29, 1.82) is 0 Å². The predicted octanol–water partition coefficient (Wildman–Crippen LogP) is 1.47. The minimum absolute atomic E-state index is 0.142. The second-order valence-corrected chi connectivity index (χ2v) is 4.57. The molecule has 0 spiro atoms. The van der Waals surface area contributed by atoms with E-state index in [4.69, 9.17) is 4.74 Å². The van der Waals surface area contributed by atoms with Gasteiger partial charge < -0.3 is 15.0 Å². The minimum atomic E-state index is -0.142. The second kappa shape index (κ2) is 7.53. The number of carbonyl (C=O) groups excluding carboxylic acids is 1. The number of nitrogens with one attached hydrogen (secondary N) is 1. The Morgan fingerprint density at radius 3 is 2.74 bits per heavy atom. The molecular weight excluding hydrogens is 242 g/mol. The van der Waals surface area contributed by atoms with Gasteiger partial charge in [0.2, 0.25) is 0 Å². The van der Waals surface area contributed by atoms with Gasteiger partial charge in [-0.25, -0.2) is 4.98 Å². The molecule has 0 unspecified atom stereocenters. The molecule has 0 aliphatic heterocycles. The first-order chi connectivity index (χ1) is 9.00. The Kier molecular flexibility index (Phi) is 6.02. The molecule has 0 aromatic carbocycles. The lowest BCUT2D eigenvalue weighted by Crippen LogP contribution is -2.27. The van der Waals surface area contributed by atoms with Gasteiger partial charge in [-0.3, -0.25) is 4.79 Å². The minimum Gasteiger partial charge on any atom is -0.375 e. The fourth-order valence-electron chi connectivity index (χ4n) is 1.37. The molecule has 0 radical (unpaired) electrons. The molecule has 1 N–H and O–H groups in total. The van der Waals surface area contributed by atoms with E-state index in [1.807, 2.05) is 32.0 Å². The maximum absolute atomic E-state index is 11.8. The van der Waals surface area contributed by atoms with Crippen molar-refractivity contribution in [3.8, 4) is 0 Å². The lowest BCUT2D eigenvalue weighted by molar-refractivity contribution is 0.0926. The smallest absolute Gasteiger partial charge is 0.252 e. The average molecular weight is 263 g/mol. The van der Waals surface area contributed by atoms with Crippen LogP contribution < -0.4 is 10.2 Å². The summed E-state index contributed by atoms with van der Waals surface area (Å²) in [4.78, 5) is 17.9. The molecule has 0 bridgehead atoms. The largest absolute Gasteiger partial charge is 0.375 e. The highest BCUT2D eigenvalue weighted by Gasteiger charge is 2.05. The standard InChI is InChI=1S/C14H21N3O2/c1-11(2)10-19-8-7-15-14(18)12-5-6-13(16-9-12)17(3)4/h5-6,9H,1,7-8,10H2,2-4H3,(H,15,18). The molecular formula is C14H21N3O2. The van der Waals surface area contributed by atoms with E-state index in [9.17, 15) is 4.79 Å². The van der Waals surface area contributed by atoms with E-state index in [1.165, 1.54) is 0 Å². The number of hydrogen-bond acceptors (Lipinski definition) is 4. The van der Waals surface area contributed by atoms with E-state index in [-0.39, 0.29) is 5.91 Å². The van der Waals surface area contributed by atoms with Crippen LogP contribution in [-0.4, -0.2) is 44.7 Å². The van der Waals surface area contributed by atoms with Gasteiger partial charge in [-0.05, 0) is 19.1 Å². The molecule has 1 aromatic heterocycles. The Balaban J connectivity index is 2.35. The van der Waals surface area contributed by atoms with Gasteiger partial charge >= 0.3 is 0 Å². The highest BCUT2D eigenvalue weighted by Crippen LogP contribution is 2.07. The number of amides is 1. The van der Waals surface area contributed by atoms with E-state index in [1.54, 1.807) is 12.3 Å². The quantitative estimate of drug-likeness (QED) is 0.598. The van der Waals surface area contributed by atoms with Crippen LogP contribution in [0, 0.1) is 0 Å². The third-order valence-electron chi connectivity index (χ3n) is 2.35. The Morgan fingerprint density at radius 2 is 2.21 bits per heavy atom. The number of nitrogens with zero attached hydrogens (tertiary/aromatic N) is 2. The van der Waals surface area contributed by atoms with E-state index in [2.05, 4.69) is 16.9 Å². The van der Waals surface area contributed by atoms with Gasteiger partial charge in [0.15, 0.2) is 0 Å². The summed E-state index contributed by atoms with van der Waals surface area (Å²) in [7, 11) is 3.81. The molecule has 0 fully saturated rings. The number of hydrogen-bond donors (Lipinski definition) is 1. The topological polar surface area (TPSA) is 54.5 Å². The normalized spacial score (nSPS) is 10.1. The Labute approximate surface area is 114 Å². The second-order valence-electron chi connectivity index (χ2n) is 4.57. The van der Waals surface area contributed by atoms with Crippen molar-refractivity contribution in [2.24, 2.45) is 0 Å². The molecule has 0 saturated carbocycles. The van der Waals surface area contributed by atoms with E-state index >= 15 is 0 Å². The zero-order valence-corrected chi connectivity index (χ0v) is 11.8. The van der Waals surface area contributed by atoms with Crippen LogP contribution in [-0.2, 0) is 4.74 Å². The van der Waals surface area contributed by atoms with E-state index in [0.717, 1.165) is 11.4 Å². The first-order valence-electron chi connectivity index (χ1n) is 6.14. The van der Waals surface area contributed by atoms with Crippen LogP contribution in [0.2, 0.25) is 0 Å². The summed E-state index contributed by atoms with van der Waals surface area (Å²) in [6.07, 6.45) is 1.57.